The Balaban J connectivity index is 3.07. The second-order valence-corrected chi connectivity index (χ2v) is 3.01. The number of carbonyl (C=O) groups excluding carboxylic acids is 1. The Morgan fingerprint density at radius 1 is 1.62 bits per heavy atom. The molecule has 68 valence electrons. The summed E-state index contributed by atoms with van der Waals surface area (Å²) in [6, 6.07) is 2.78. The van der Waals surface area contributed by atoms with Gasteiger partial charge in [0.05, 0.1) is 6.54 Å². The number of hydrogen-bond acceptors (Lipinski definition) is 2. The number of isocyanates is 1. The van der Waals surface area contributed by atoms with Gasteiger partial charge in [0, 0.05) is 10.6 Å². The zero-order valence-electron chi connectivity index (χ0n) is 6.97. The van der Waals surface area contributed by atoms with Crippen molar-refractivity contribution in [2.45, 2.75) is 13.5 Å². The van der Waals surface area contributed by atoms with Crippen LogP contribution < -0.4 is 0 Å². The zero-order chi connectivity index (χ0) is 9.84. The number of aliphatic imine (C=N–C) groups is 1. The highest BCUT2D eigenvalue weighted by Crippen LogP contribution is 2.20. The van der Waals surface area contributed by atoms with Crippen LogP contribution in [0.5, 0.6) is 0 Å². The van der Waals surface area contributed by atoms with E-state index in [9.17, 15) is 9.18 Å². The summed E-state index contributed by atoms with van der Waals surface area (Å²) in [6.07, 6.45) is 1.34. The first-order valence-electron chi connectivity index (χ1n) is 3.63. The maximum atomic E-state index is 13.1. The van der Waals surface area contributed by atoms with Crippen molar-refractivity contribution in [2.75, 3.05) is 0 Å². The summed E-state index contributed by atoms with van der Waals surface area (Å²) < 4.78 is 13.1. The number of aryl methyl sites for hydroxylation is 1. The molecule has 0 heterocycles. The summed E-state index contributed by atoms with van der Waals surface area (Å²) >= 11 is 5.76. The van der Waals surface area contributed by atoms with E-state index in [1.165, 1.54) is 18.2 Å². The van der Waals surface area contributed by atoms with Crippen LogP contribution in [0.2, 0.25) is 5.02 Å². The van der Waals surface area contributed by atoms with Crippen LogP contribution >= 0.6 is 11.6 Å². The minimum Gasteiger partial charge on any atom is -0.211 e. The average Bonchev–Trinajstić information content (AvgIpc) is 2.09. The number of halogens is 2. The van der Waals surface area contributed by atoms with E-state index in [1.54, 1.807) is 6.92 Å². The summed E-state index contributed by atoms with van der Waals surface area (Å²) in [5.74, 6) is -0.402. The molecular formula is C9H7ClFNO. The van der Waals surface area contributed by atoms with Gasteiger partial charge in [-0.2, -0.15) is 0 Å². The van der Waals surface area contributed by atoms with E-state index in [0.717, 1.165) is 0 Å². The van der Waals surface area contributed by atoms with Gasteiger partial charge in [0.1, 0.15) is 5.82 Å². The van der Waals surface area contributed by atoms with Crippen molar-refractivity contribution in [1.82, 2.24) is 0 Å². The predicted octanol–water partition coefficient (Wildman–Crippen LogP) is 2.62. The highest BCUT2D eigenvalue weighted by Gasteiger charge is 2.04. The Bertz CT molecular complexity index is 372. The van der Waals surface area contributed by atoms with Crippen LogP contribution in [0.25, 0.3) is 0 Å². The van der Waals surface area contributed by atoms with Crippen LogP contribution in [-0.2, 0) is 11.3 Å². The van der Waals surface area contributed by atoms with Gasteiger partial charge in [-0.15, -0.1) is 0 Å². The molecule has 13 heavy (non-hydrogen) atoms. The molecule has 0 aromatic heterocycles. The quantitative estimate of drug-likeness (QED) is 0.532. The minimum atomic E-state index is -0.402. The number of rotatable bonds is 2. The van der Waals surface area contributed by atoms with E-state index >= 15 is 0 Å². The van der Waals surface area contributed by atoms with Gasteiger partial charge < -0.3 is 0 Å². The summed E-state index contributed by atoms with van der Waals surface area (Å²) in [6.45, 7) is 1.69. The molecule has 0 fully saturated rings. The molecular weight excluding hydrogens is 193 g/mol. The molecule has 0 aliphatic carbocycles. The minimum absolute atomic E-state index is 0.0185. The largest absolute Gasteiger partial charge is 0.235 e. The van der Waals surface area contributed by atoms with E-state index in [2.05, 4.69) is 4.99 Å². The van der Waals surface area contributed by atoms with Gasteiger partial charge in [-0.05, 0) is 24.6 Å². The van der Waals surface area contributed by atoms with Gasteiger partial charge in [-0.1, -0.05) is 11.6 Å². The predicted molar refractivity (Wildman–Crippen MR) is 48.0 cm³/mol. The molecule has 0 unspecified atom stereocenters. The van der Waals surface area contributed by atoms with Crippen LogP contribution in [0.1, 0.15) is 11.1 Å². The highest BCUT2D eigenvalue weighted by atomic mass is 35.5. The molecule has 0 N–H and O–H groups in total. The molecule has 1 aromatic carbocycles. The van der Waals surface area contributed by atoms with Gasteiger partial charge in [-0.25, -0.2) is 14.2 Å². The molecule has 4 heteroatoms. The van der Waals surface area contributed by atoms with E-state index in [4.69, 9.17) is 11.6 Å². The van der Waals surface area contributed by atoms with Crippen LogP contribution in [0.3, 0.4) is 0 Å². The van der Waals surface area contributed by atoms with E-state index in [1.807, 2.05) is 0 Å². The van der Waals surface area contributed by atoms with E-state index < -0.39 is 5.82 Å². The smallest absolute Gasteiger partial charge is 0.211 e. The zero-order valence-corrected chi connectivity index (χ0v) is 7.73. The van der Waals surface area contributed by atoms with Crippen molar-refractivity contribution in [3.63, 3.8) is 0 Å². The third kappa shape index (κ3) is 2.38. The number of hydrogen-bond donors (Lipinski definition) is 0. The van der Waals surface area contributed by atoms with Crippen molar-refractivity contribution in [2.24, 2.45) is 4.99 Å². The lowest BCUT2D eigenvalue weighted by molar-refractivity contribution is 0.561. The summed E-state index contributed by atoms with van der Waals surface area (Å²) in [5.41, 5.74) is 0.969. The summed E-state index contributed by atoms with van der Waals surface area (Å²) in [7, 11) is 0. The van der Waals surface area contributed by atoms with Crippen LogP contribution in [-0.4, -0.2) is 6.08 Å². The standard InChI is InChI=1S/C9H7ClFNO/c1-6-2-9(11)7(3-8(6)10)4-12-5-13/h2-3H,4H2,1H3. The maximum absolute atomic E-state index is 13.1. The highest BCUT2D eigenvalue weighted by molar-refractivity contribution is 6.31. The van der Waals surface area contributed by atoms with Gasteiger partial charge in [0.25, 0.3) is 0 Å². The fourth-order valence-electron chi connectivity index (χ4n) is 0.926. The molecule has 0 bridgehead atoms. The molecule has 0 atom stereocenters. The van der Waals surface area contributed by atoms with Crippen molar-refractivity contribution in [1.29, 1.82) is 0 Å². The first-order chi connectivity index (χ1) is 6.15. The molecule has 1 rings (SSSR count). The van der Waals surface area contributed by atoms with Crippen LogP contribution in [0.15, 0.2) is 17.1 Å². The lowest BCUT2D eigenvalue weighted by Crippen LogP contribution is -1.90. The Hall–Kier alpha value is -1.18. The monoisotopic (exact) mass is 199 g/mol. The lowest BCUT2D eigenvalue weighted by Gasteiger charge is -2.02. The first kappa shape index (κ1) is 9.90. The third-order valence-corrected chi connectivity index (χ3v) is 2.05. The van der Waals surface area contributed by atoms with Crippen molar-refractivity contribution < 1.29 is 9.18 Å². The second-order valence-electron chi connectivity index (χ2n) is 2.60. The van der Waals surface area contributed by atoms with Gasteiger partial charge in [0.15, 0.2) is 0 Å². The Labute approximate surface area is 80.1 Å². The molecule has 0 spiro atoms. The van der Waals surface area contributed by atoms with Crippen molar-refractivity contribution >= 4 is 17.7 Å². The Morgan fingerprint density at radius 3 is 2.92 bits per heavy atom. The average molecular weight is 200 g/mol. The number of benzene rings is 1. The number of nitrogens with zero attached hydrogens (tertiary/aromatic N) is 1. The Morgan fingerprint density at radius 2 is 2.31 bits per heavy atom. The summed E-state index contributed by atoms with van der Waals surface area (Å²) in [4.78, 5) is 13.1. The summed E-state index contributed by atoms with van der Waals surface area (Å²) in [5, 5.41) is 0.470. The molecule has 0 aliphatic rings. The van der Waals surface area contributed by atoms with Crippen LogP contribution in [0.4, 0.5) is 4.39 Å². The normalized spacial score (nSPS) is 9.46. The SMILES string of the molecule is Cc1cc(F)c(CN=C=O)cc1Cl. The van der Waals surface area contributed by atoms with Gasteiger partial charge in [0.2, 0.25) is 6.08 Å². The van der Waals surface area contributed by atoms with Crippen molar-refractivity contribution in [3.8, 4) is 0 Å². The van der Waals surface area contributed by atoms with Crippen LogP contribution in [0, 0.1) is 12.7 Å². The fourth-order valence-corrected chi connectivity index (χ4v) is 1.11. The molecule has 0 aliphatic heterocycles. The topological polar surface area (TPSA) is 29.4 Å². The molecule has 0 saturated carbocycles. The third-order valence-electron chi connectivity index (χ3n) is 1.64. The van der Waals surface area contributed by atoms with Crippen molar-refractivity contribution in [3.05, 3.63) is 34.1 Å². The molecule has 0 saturated heterocycles. The first-order valence-corrected chi connectivity index (χ1v) is 4.01. The molecule has 2 nitrogen and oxygen atoms in total. The van der Waals surface area contributed by atoms with Gasteiger partial charge >= 0.3 is 0 Å². The maximum Gasteiger partial charge on any atom is 0.235 e. The lowest BCUT2D eigenvalue weighted by atomic mass is 10.1. The molecule has 0 amide bonds. The Kier molecular flexibility index (Phi) is 3.18. The fraction of sp³-hybridized carbons (Fsp3) is 0.222. The van der Waals surface area contributed by atoms with E-state index in [0.29, 0.717) is 16.1 Å². The molecule has 0 radical (unpaired) electrons. The van der Waals surface area contributed by atoms with E-state index in [-0.39, 0.29) is 6.54 Å². The second kappa shape index (κ2) is 4.17. The molecule has 1 aromatic rings. The van der Waals surface area contributed by atoms with Gasteiger partial charge in [-0.3, -0.25) is 0 Å².